The molecule has 1 aromatic carbocycles. The normalized spacial score (nSPS) is 18.9. The van der Waals surface area contributed by atoms with Crippen molar-refractivity contribution in [3.8, 4) is 11.3 Å². The van der Waals surface area contributed by atoms with E-state index in [4.69, 9.17) is 0 Å². The van der Waals surface area contributed by atoms with Gasteiger partial charge >= 0.3 is 0 Å². The Hall–Kier alpha value is -3.00. The number of aromatic nitrogens is 4. The molecule has 1 fully saturated rings. The lowest BCUT2D eigenvalue weighted by Crippen LogP contribution is -2.40. The average Bonchev–Trinajstić information content (AvgIpc) is 3.26. The highest BCUT2D eigenvalue weighted by atomic mass is 16.2. The van der Waals surface area contributed by atoms with Gasteiger partial charge in [-0.3, -0.25) is 9.59 Å². The molecule has 1 amide bonds. The maximum Gasteiger partial charge on any atom is 0.293 e. The van der Waals surface area contributed by atoms with Gasteiger partial charge in [-0.25, -0.2) is 9.20 Å². The van der Waals surface area contributed by atoms with E-state index in [1.54, 1.807) is 17.5 Å². The molecule has 3 heterocycles. The van der Waals surface area contributed by atoms with E-state index in [2.05, 4.69) is 53.3 Å². The smallest absolute Gasteiger partial charge is 0.293 e. The summed E-state index contributed by atoms with van der Waals surface area (Å²) in [5, 5.41) is 11.8. The van der Waals surface area contributed by atoms with Gasteiger partial charge < -0.3 is 10.2 Å². The van der Waals surface area contributed by atoms with E-state index in [-0.39, 0.29) is 18.0 Å². The van der Waals surface area contributed by atoms with Crippen LogP contribution in [0.15, 0.2) is 35.1 Å². The zero-order valence-corrected chi connectivity index (χ0v) is 20.8. The van der Waals surface area contributed by atoms with Gasteiger partial charge in [0.25, 0.3) is 5.56 Å². The fraction of sp³-hybridized carbons (Fsp3) is 0.538. The molecule has 2 aromatic heterocycles. The number of rotatable bonds is 8. The SMILES string of the molecule is CCc1ccc(-c2cc3c(=O)n(CC(=O)NCCCN4CC(C)CC(C)C4)nc(C)n3n2)cc1. The van der Waals surface area contributed by atoms with Crippen LogP contribution in [-0.4, -0.2) is 56.4 Å². The molecule has 2 unspecified atom stereocenters. The molecule has 3 aromatic rings. The maximum absolute atomic E-state index is 13.0. The van der Waals surface area contributed by atoms with E-state index in [1.165, 1.54) is 16.7 Å². The van der Waals surface area contributed by atoms with E-state index in [0.29, 0.717) is 23.6 Å². The summed E-state index contributed by atoms with van der Waals surface area (Å²) in [4.78, 5) is 28.0. The predicted molar refractivity (Wildman–Crippen MR) is 134 cm³/mol. The van der Waals surface area contributed by atoms with Gasteiger partial charge in [0.05, 0.1) is 5.69 Å². The minimum Gasteiger partial charge on any atom is -0.354 e. The average molecular weight is 465 g/mol. The first kappa shape index (κ1) is 24.1. The summed E-state index contributed by atoms with van der Waals surface area (Å²) in [6, 6.07) is 9.94. The van der Waals surface area contributed by atoms with Gasteiger partial charge in [0.1, 0.15) is 17.9 Å². The van der Waals surface area contributed by atoms with Gasteiger partial charge in [-0.2, -0.15) is 10.2 Å². The minimum atomic E-state index is -0.319. The van der Waals surface area contributed by atoms with Gasteiger partial charge in [-0.05, 0) is 56.2 Å². The number of likely N-dealkylation sites (tertiary alicyclic amines) is 1. The first-order valence-corrected chi connectivity index (χ1v) is 12.4. The fourth-order valence-corrected chi connectivity index (χ4v) is 5.03. The summed E-state index contributed by atoms with van der Waals surface area (Å²) in [6.07, 6.45) is 3.16. The van der Waals surface area contributed by atoms with Crippen LogP contribution in [0.25, 0.3) is 16.8 Å². The van der Waals surface area contributed by atoms with Crippen molar-refractivity contribution in [1.82, 2.24) is 29.6 Å². The Bertz CT molecular complexity index is 1190. The van der Waals surface area contributed by atoms with Gasteiger partial charge in [-0.15, -0.1) is 0 Å². The summed E-state index contributed by atoms with van der Waals surface area (Å²) in [7, 11) is 0. The van der Waals surface area contributed by atoms with E-state index >= 15 is 0 Å². The van der Waals surface area contributed by atoms with Crippen LogP contribution in [0.2, 0.25) is 0 Å². The number of amides is 1. The molecule has 0 saturated carbocycles. The van der Waals surface area contributed by atoms with Crippen molar-refractivity contribution >= 4 is 11.4 Å². The molecule has 8 heteroatoms. The zero-order valence-electron chi connectivity index (χ0n) is 20.8. The van der Waals surface area contributed by atoms with Crippen molar-refractivity contribution in [3.63, 3.8) is 0 Å². The molecule has 0 aliphatic carbocycles. The third-order valence-corrected chi connectivity index (χ3v) is 6.60. The molecule has 0 radical (unpaired) electrons. The standard InChI is InChI=1S/C26H36N6O2/c1-5-21-7-9-22(10-8-21)23-14-24-26(34)31(28-20(4)32(24)29-23)17-25(33)27-11-6-12-30-15-18(2)13-19(3)16-30/h7-10,14,18-19H,5-6,11-13,15-17H2,1-4H3,(H,27,33). The van der Waals surface area contributed by atoms with Gasteiger partial charge in [0.2, 0.25) is 5.91 Å². The van der Waals surface area contributed by atoms with Crippen molar-refractivity contribution in [1.29, 1.82) is 0 Å². The second-order valence-corrected chi connectivity index (χ2v) is 9.80. The highest BCUT2D eigenvalue weighted by molar-refractivity contribution is 5.75. The molecule has 182 valence electrons. The van der Waals surface area contributed by atoms with Crippen LogP contribution in [0.3, 0.4) is 0 Å². The third kappa shape index (κ3) is 5.55. The van der Waals surface area contributed by atoms with Crippen LogP contribution in [-0.2, 0) is 17.8 Å². The van der Waals surface area contributed by atoms with E-state index < -0.39 is 0 Å². The summed E-state index contributed by atoms with van der Waals surface area (Å²) in [6.45, 7) is 12.3. The lowest BCUT2D eigenvalue weighted by Gasteiger charge is -2.34. The highest BCUT2D eigenvalue weighted by Crippen LogP contribution is 2.21. The van der Waals surface area contributed by atoms with Gasteiger partial charge in [0.15, 0.2) is 0 Å². The van der Waals surface area contributed by atoms with E-state index in [9.17, 15) is 9.59 Å². The molecule has 1 saturated heterocycles. The number of carbonyl (C=O) groups is 1. The number of nitrogens with one attached hydrogen (secondary N) is 1. The van der Waals surface area contributed by atoms with Crippen molar-refractivity contribution in [3.05, 3.63) is 52.1 Å². The summed E-state index contributed by atoms with van der Waals surface area (Å²) < 4.78 is 2.79. The second kappa shape index (κ2) is 10.5. The second-order valence-electron chi connectivity index (χ2n) is 9.80. The molecule has 1 aliphatic rings. The Morgan fingerprint density at radius 3 is 2.50 bits per heavy atom. The third-order valence-electron chi connectivity index (χ3n) is 6.60. The summed E-state index contributed by atoms with van der Waals surface area (Å²) in [5.74, 6) is 1.82. The monoisotopic (exact) mass is 464 g/mol. The van der Waals surface area contributed by atoms with Crippen LogP contribution in [0.4, 0.5) is 0 Å². The Kier molecular flexibility index (Phi) is 7.46. The molecule has 1 aliphatic heterocycles. The van der Waals surface area contributed by atoms with Gasteiger partial charge in [0, 0.05) is 25.2 Å². The molecule has 1 N–H and O–H groups in total. The number of fused-ring (bicyclic) bond motifs is 1. The molecular formula is C26H36N6O2. The van der Waals surface area contributed by atoms with Crippen LogP contribution in [0, 0.1) is 18.8 Å². The summed E-state index contributed by atoms with van der Waals surface area (Å²) >= 11 is 0. The van der Waals surface area contributed by atoms with Crippen LogP contribution < -0.4 is 10.9 Å². The number of benzene rings is 1. The first-order valence-electron chi connectivity index (χ1n) is 12.4. The Morgan fingerprint density at radius 1 is 1.12 bits per heavy atom. The maximum atomic E-state index is 13.0. The molecular weight excluding hydrogens is 428 g/mol. The number of carbonyl (C=O) groups excluding carboxylic acids is 1. The van der Waals surface area contributed by atoms with Crippen molar-refractivity contribution in [2.45, 2.75) is 53.5 Å². The number of aryl methyl sites for hydroxylation is 2. The van der Waals surface area contributed by atoms with Gasteiger partial charge in [-0.1, -0.05) is 45.0 Å². The van der Waals surface area contributed by atoms with Crippen LogP contribution in [0.5, 0.6) is 0 Å². The van der Waals surface area contributed by atoms with Crippen molar-refractivity contribution in [2.75, 3.05) is 26.2 Å². The summed E-state index contributed by atoms with van der Waals surface area (Å²) in [5.41, 5.74) is 3.01. The first-order chi connectivity index (χ1) is 16.3. The molecule has 4 rings (SSSR count). The van der Waals surface area contributed by atoms with Crippen LogP contribution in [0.1, 0.15) is 45.0 Å². The van der Waals surface area contributed by atoms with Crippen molar-refractivity contribution in [2.24, 2.45) is 11.8 Å². The number of piperidine rings is 1. The topological polar surface area (TPSA) is 84.5 Å². The predicted octanol–water partition coefficient (Wildman–Crippen LogP) is 2.91. The number of hydrogen-bond donors (Lipinski definition) is 1. The Morgan fingerprint density at radius 2 is 1.82 bits per heavy atom. The zero-order chi connectivity index (χ0) is 24.2. The Balaban J connectivity index is 1.38. The van der Waals surface area contributed by atoms with E-state index in [0.717, 1.165) is 49.9 Å². The molecule has 8 nitrogen and oxygen atoms in total. The quantitative estimate of drug-likeness (QED) is 0.518. The highest BCUT2D eigenvalue weighted by Gasteiger charge is 2.21. The number of hydrogen-bond acceptors (Lipinski definition) is 5. The lowest BCUT2D eigenvalue weighted by molar-refractivity contribution is -0.121. The number of nitrogens with zero attached hydrogens (tertiary/aromatic N) is 5. The molecule has 34 heavy (non-hydrogen) atoms. The lowest BCUT2D eigenvalue weighted by atomic mass is 9.92. The molecule has 0 spiro atoms. The van der Waals surface area contributed by atoms with Crippen molar-refractivity contribution < 1.29 is 4.79 Å². The largest absolute Gasteiger partial charge is 0.354 e. The molecule has 2 atom stereocenters. The Labute approximate surface area is 201 Å². The molecule has 0 bridgehead atoms. The van der Waals surface area contributed by atoms with E-state index in [1.807, 2.05) is 12.1 Å². The van der Waals surface area contributed by atoms with Crippen LogP contribution >= 0.6 is 0 Å². The minimum absolute atomic E-state index is 0.0976. The fourth-order valence-electron chi connectivity index (χ4n) is 5.03.